The molecule has 0 aliphatic heterocycles. The molecule has 0 spiro atoms. The molecular formula is C16H16F9NO2. The fourth-order valence-corrected chi connectivity index (χ4v) is 2.86. The zero-order valence-corrected chi connectivity index (χ0v) is 14.3. The predicted octanol–water partition coefficient (Wildman–Crippen LogP) is 5.29. The largest absolute Gasteiger partial charge is 0.481 e. The third-order valence-electron chi connectivity index (χ3n) is 4.22. The topological polar surface area (TPSA) is 63.3 Å². The van der Waals surface area contributed by atoms with Crippen LogP contribution in [-0.4, -0.2) is 17.6 Å². The number of aliphatic carboxylic acids is 1. The summed E-state index contributed by atoms with van der Waals surface area (Å²) in [5, 5.41) is 9.00. The molecule has 2 atom stereocenters. The highest BCUT2D eigenvalue weighted by molar-refractivity contribution is 5.70. The number of carbonyl (C=O) groups is 1. The maximum absolute atomic E-state index is 13.4. The molecule has 0 fully saturated rings. The van der Waals surface area contributed by atoms with E-state index in [4.69, 9.17) is 10.8 Å². The summed E-state index contributed by atoms with van der Waals surface area (Å²) in [5.74, 6) is -4.62. The number of hydrogen-bond donors (Lipinski definition) is 2. The lowest BCUT2D eigenvalue weighted by molar-refractivity contribution is -0.149. The fourth-order valence-electron chi connectivity index (χ4n) is 2.86. The van der Waals surface area contributed by atoms with Crippen LogP contribution in [0.1, 0.15) is 47.9 Å². The van der Waals surface area contributed by atoms with Gasteiger partial charge in [-0.3, -0.25) is 4.79 Å². The lowest BCUT2D eigenvalue weighted by atomic mass is 9.80. The molecule has 0 radical (unpaired) electrons. The average Bonchev–Trinajstić information content (AvgIpc) is 2.52. The van der Waals surface area contributed by atoms with Crippen LogP contribution in [0.25, 0.3) is 0 Å². The fraction of sp³-hybridized carbons (Fsp3) is 0.562. The number of rotatable bonds is 6. The van der Waals surface area contributed by atoms with Gasteiger partial charge in [0.05, 0.1) is 22.6 Å². The van der Waals surface area contributed by atoms with Gasteiger partial charge in [-0.05, 0) is 36.5 Å². The van der Waals surface area contributed by atoms with Gasteiger partial charge in [0, 0.05) is 6.54 Å². The normalized spacial score (nSPS) is 15.4. The van der Waals surface area contributed by atoms with E-state index in [-0.39, 0.29) is 18.6 Å². The maximum Gasteiger partial charge on any atom is 0.416 e. The van der Waals surface area contributed by atoms with Crippen LogP contribution in [0.5, 0.6) is 0 Å². The SMILES string of the molecule is CCC(CC(CN)C(=O)O)c1c(C(F)(F)F)cc(C(F)(F)F)cc1C(F)(F)F. The molecule has 12 heteroatoms. The van der Waals surface area contributed by atoms with Gasteiger partial charge >= 0.3 is 24.5 Å². The summed E-state index contributed by atoms with van der Waals surface area (Å²) in [6.45, 7) is 0.646. The van der Waals surface area contributed by atoms with Gasteiger partial charge in [0.15, 0.2) is 0 Å². The van der Waals surface area contributed by atoms with E-state index in [1.807, 2.05) is 0 Å². The smallest absolute Gasteiger partial charge is 0.416 e. The summed E-state index contributed by atoms with van der Waals surface area (Å²) in [6, 6.07) is -0.767. The molecule has 28 heavy (non-hydrogen) atoms. The third kappa shape index (κ3) is 5.52. The molecule has 0 aliphatic rings. The minimum atomic E-state index is -5.52. The van der Waals surface area contributed by atoms with Gasteiger partial charge in [0.25, 0.3) is 0 Å². The van der Waals surface area contributed by atoms with Gasteiger partial charge in [-0.25, -0.2) is 0 Å². The Morgan fingerprint density at radius 1 is 0.964 bits per heavy atom. The molecule has 0 bridgehead atoms. The maximum atomic E-state index is 13.4. The van der Waals surface area contributed by atoms with Crippen molar-refractivity contribution < 1.29 is 49.4 Å². The predicted molar refractivity (Wildman–Crippen MR) is 79.3 cm³/mol. The van der Waals surface area contributed by atoms with Crippen molar-refractivity contribution in [2.75, 3.05) is 6.54 Å². The number of benzene rings is 1. The van der Waals surface area contributed by atoms with Crippen LogP contribution in [0.4, 0.5) is 39.5 Å². The highest BCUT2D eigenvalue weighted by Crippen LogP contribution is 2.47. The zero-order valence-electron chi connectivity index (χ0n) is 14.3. The van der Waals surface area contributed by atoms with Crippen molar-refractivity contribution in [1.29, 1.82) is 0 Å². The van der Waals surface area contributed by atoms with Crippen molar-refractivity contribution in [3.8, 4) is 0 Å². The Bertz CT molecular complexity index is 673. The highest BCUT2D eigenvalue weighted by Gasteiger charge is 2.46. The second-order valence-electron chi connectivity index (χ2n) is 6.09. The molecule has 0 aliphatic carbocycles. The Morgan fingerprint density at radius 2 is 1.39 bits per heavy atom. The van der Waals surface area contributed by atoms with Gasteiger partial charge in [-0.15, -0.1) is 0 Å². The molecule has 0 aromatic heterocycles. The Morgan fingerprint density at radius 3 is 1.64 bits per heavy atom. The standard InChI is InChI=1S/C16H16F9NO2/c1-2-7(3-8(6-26)13(27)28)12-10(15(20,21)22)4-9(14(17,18)19)5-11(12)16(23,24)25/h4-5,7-8H,2-3,6,26H2,1H3,(H,27,28). The molecule has 3 N–H and O–H groups in total. The number of carboxylic acid groups (broad SMARTS) is 1. The molecule has 3 nitrogen and oxygen atoms in total. The van der Waals surface area contributed by atoms with Crippen LogP contribution in [0.15, 0.2) is 12.1 Å². The molecule has 1 rings (SSSR count). The first-order valence-corrected chi connectivity index (χ1v) is 7.86. The summed E-state index contributed by atoms with van der Waals surface area (Å²) in [4.78, 5) is 11.1. The van der Waals surface area contributed by atoms with Crippen molar-refractivity contribution >= 4 is 5.97 Å². The van der Waals surface area contributed by atoms with Gasteiger partial charge in [-0.2, -0.15) is 39.5 Å². The number of nitrogens with two attached hydrogens (primary N) is 1. The van der Waals surface area contributed by atoms with E-state index in [2.05, 4.69) is 0 Å². The molecule has 1 aromatic rings. The van der Waals surface area contributed by atoms with Crippen LogP contribution in [-0.2, 0) is 23.3 Å². The Hall–Kier alpha value is -1.98. The highest BCUT2D eigenvalue weighted by atomic mass is 19.4. The second-order valence-corrected chi connectivity index (χ2v) is 6.09. The van der Waals surface area contributed by atoms with Crippen molar-refractivity contribution in [3.63, 3.8) is 0 Å². The molecule has 0 saturated carbocycles. The first-order chi connectivity index (χ1) is 12.5. The summed E-state index contributed by atoms with van der Waals surface area (Å²) in [7, 11) is 0. The monoisotopic (exact) mass is 425 g/mol. The molecule has 0 heterocycles. The van der Waals surface area contributed by atoms with Crippen LogP contribution < -0.4 is 5.73 Å². The summed E-state index contributed by atoms with van der Waals surface area (Å²) >= 11 is 0. The van der Waals surface area contributed by atoms with Crippen molar-refractivity contribution in [1.82, 2.24) is 0 Å². The van der Waals surface area contributed by atoms with Crippen molar-refractivity contribution in [2.24, 2.45) is 11.7 Å². The first kappa shape index (κ1) is 24.1. The summed E-state index contributed by atoms with van der Waals surface area (Å²) in [6.07, 6.45) is -17.6. The minimum absolute atomic E-state index is 0.374. The second kappa shape index (κ2) is 8.18. The molecule has 2 unspecified atom stereocenters. The molecule has 160 valence electrons. The number of hydrogen-bond acceptors (Lipinski definition) is 2. The molecule has 1 aromatic carbocycles. The van der Waals surface area contributed by atoms with E-state index in [0.29, 0.717) is 0 Å². The van der Waals surface area contributed by atoms with Gasteiger partial charge in [-0.1, -0.05) is 6.92 Å². The third-order valence-corrected chi connectivity index (χ3v) is 4.22. The lowest BCUT2D eigenvalue weighted by Crippen LogP contribution is -2.27. The lowest BCUT2D eigenvalue weighted by Gasteiger charge is -2.27. The minimum Gasteiger partial charge on any atom is -0.481 e. The van der Waals surface area contributed by atoms with E-state index in [9.17, 15) is 44.3 Å². The van der Waals surface area contributed by atoms with Crippen LogP contribution >= 0.6 is 0 Å². The van der Waals surface area contributed by atoms with Crippen LogP contribution in [0.3, 0.4) is 0 Å². The van der Waals surface area contributed by atoms with E-state index in [1.54, 1.807) is 0 Å². The Balaban J connectivity index is 3.85. The number of halogens is 9. The van der Waals surface area contributed by atoms with Crippen molar-refractivity contribution in [2.45, 2.75) is 44.2 Å². The van der Waals surface area contributed by atoms with Gasteiger partial charge < -0.3 is 10.8 Å². The number of carboxylic acids is 1. The van der Waals surface area contributed by atoms with Crippen molar-refractivity contribution in [3.05, 3.63) is 34.4 Å². The van der Waals surface area contributed by atoms with Crippen LogP contribution in [0.2, 0.25) is 0 Å². The van der Waals surface area contributed by atoms with Gasteiger partial charge in [0.1, 0.15) is 0 Å². The number of alkyl halides is 9. The molecular weight excluding hydrogens is 409 g/mol. The zero-order chi connectivity index (χ0) is 22.1. The van der Waals surface area contributed by atoms with E-state index in [0.717, 1.165) is 0 Å². The Labute approximate surface area is 153 Å². The van der Waals surface area contributed by atoms with E-state index in [1.165, 1.54) is 6.92 Å². The van der Waals surface area contributed by atoms with E-state index >= 15 is 0 Å². The molecule has 0 amide bonds. The summed E-state index contributed by atoms with van der Waals surface area (Å²) < 4.78 is 119. The average molecular weight is 425 g/mol. The van der Waals surface area contributed by atoms with E-state index < -0.39 is 71.6 Å². The summed E-state index contributed by atoms with van der Waals surface area (Å²) in [5.41, 5.74) is -2.48. The Kier molecular flexibility index (Phi) is 7.02. The van der Waals surface area contributed by atoms with Crippen LogP contribution in [0, 0.1) is 5.92 Å². The quantitative estimate of drug-likeness (QED) is 0.610. The molecule has 0 saturated heterocycles. The first-order valence-electron chi connectivity index (χ1n) is 7.86. The van der Waals surface area contributed by atoms with Gasteiger partial charge in [0.2, 0.25) is 0 Å².